The van der Waals surface area contributed by atoms with Gasteiger partial charge in [-0.1, -0.05) is 5.21 Å². The van der Waals surface area contributed by atoms with E-state index >= 15 is 0 Å². The highest BCUT2D eigenvalue weighted by molar-refractivity contribution is 5.15. The molecule has 5 heteroatoms. The van der Waals surface area contributed by atoms with Gasteiger partial charge in [0.1, 0.15) is 6.07 Å². The van der Waals surface area contributed by atoms with E-state index in [2.05, 4.69) is 10.3 Å². The van der Waals surface area contributed by atoms with E-state index < -0.39 is 5.95 Å². The molecule has 0 N–H and O–H groups in total. The van der Waals surface area contributed by atoms with Crippen LogP contribution in [0.4, 0.5) is 4.39 Å². The third-order valence-corrected chi connectivity index (χ3v) is 1.08. The quantitative estimate of drug-likeness (QED) is 0.564. The third-order valence-electron chi connectivity index (χ3n) is 1.08. The molecule has 0 aliphatic carbocycles. The van der Waals surface area contributed by atoms with Crippen molar-refractivity contribution in [2.75, 3.05) is 0 Å². The summed E-state index contributed by atoms with van der Waals surface area (Å²) in [6.07, 6.45) is 0. The van der Waals surface area contributed by atoms with Crippen molar-refractivity contribution in [2.24, 2.45) is 0 Å². The van der Waals surface area contributed by atoms with Crippen LogP contribution in [-0.4, -0.2) is 15.0 Å². The van der Waals surface area contributed by atoms with Crippen LogP contribution in [0.1, 0.15) is 12.6 Å². The van der Waals surface area contributed by atoms with Crippen LogP contribution in [0.25, 0.3) is 0 Å². The van der Waals surface area contributed by atoms with Gasteiger partial charge in [-0.25, -0.2) is 4.68 Å². The lowest BCUT2D eigenvalue weighted by atomic mass is 10.5. The second-order valence-corrected chi connectivity index (χ2v) is 1.66. The molecule has 0 amide bonds. The summed E-state index contributed by atoms with van der Waals surface area (Å²) >= 11 is 0. The van der Waals surface area contributed by atoms with Gasteiger partial charge in [-0.3, -0.25) is 0 Å². The predicted molar refractivity (Wildman–Crippen MR) is 30.4 cm³/mol. The number of aromatic nitrogens is 3. The van der Waals surface area contributed by atoms with Crippen molar-refractivity contribution in [2.45, 2.75) is 13.5 Å². The second-order valence-electron chi connectivity index (χ2n) is 1.66. The largest absolute Gasteiger partial charge is 0.250 e. The number of aryl methyl sites for hydroxylation is 1. The molecule has 0 unspecified atom stereocenters. The summed E-state index contributed by atoms with van der Waals surface area (Å²) in [4.78, 5) is 0. The van der Waals surface area contributed by atoms with Gasteiger partial charge in [-0.2, -0.15) is 9.65 Å². The van der Waals surface area contributed by atoms with Crippen LogP contribution in [0, 0.1) is 17.3 Å². The molecule has 52 valence electrons. The maximum absolute atomic E-state index is 12.6. The zero-order valence-corrected chi connectivity index (χ0v) is 5.37. The monoisotopic (exact) mass is 140 g/mol. The van der Waals surface area contributed by atoms with E-state index in [1.165, 1.54) is 0 Å². The van der Waals surface area contributed by atoms with Crippen molar-refractivity contribution in [3.05, 3.63) is 11.6 Å². The van der Waals surface area contributed by atoms with Gasteiger partial charge in [0.25, 0.3) is 0 Å². The fourth-order valence-corrected chi connectivity index (χ4v) is 0.572. The zero-order chi connectivity index (χ0) is 7.56. The Labute approximate surface area is 56.9 Å². The van der Waals surface area contributed by atoms with Gasteiger partial charge < -0.3 is 0 Å². The lowest BCUT2D eigenvalue weighted by Crippen LogP contribution is -1.99. The van der Waals surface area contributed by atoms with Crippen molar-refractivity contribution in [1.29, 1.82) is 5.26 Å². The van der Waals surface area contributed by atoms with E-state index in [-0.39, 0.29) is 5.69 Å². The summed E-state index contributed by atoms with van der Waals surface area (Å²) in [5.41, 5.74) is -0.248. The molecule has 0 saturated carbocycles. The smallest absolute Gasteiger partial charge is 0.218 e. The molecule has 1 aromatic rings. The van der Waals surface area contributed by atoms with Crippen molar-refractivity contribution < 1.29 is 4.39 Å². The van der Waals surface area contributed by atoms with Crippen molar-refractivity contribution in [3.63, 3.8) is 0 Å². The molecule has 0 atom stereocenters. The Morgan fingerprint density at radius 2 is 2.50 bits per heavy atom. The van der Waals surface area contributed by atoms with Crippen LogP contribution >= 0.6 is 0 Å². The minimum Gasteiger partial charge on any atom is -0.218 e. The Morgan fingerprint density at radius 1 is 1.80 bits per heavy atom. The minimum absolute atomic E-state index is 0.248. The van der Waals surface area contributed by atoms with Gasteiger partial charge in [-0.05, 0) is 6.92 Å². The topological polar surface area (TPSA) is 54.5 Å². The standard InChI is InChI=1S/C5H5FN4/c1-2-10-5(6)4(3-7)8-9-10/h2H2,1H3. The Morgan fingerprint density at radius 3 is 2.80 bits per heavy atom. The van der Waals surface area contributed by atoms with Gasteiger partial charge in [0, 0.05) is 6.54 Å². The second kappa shape index (κ2) is 2.43. The molecule has 0 aliphatic heterocycles. The van der Waals surface area contributed by atoms with E-state index in [1.54, 1.807) is 13.0 Å². The van der Waals surface area contributed by atoms with Crippen LogP contribution in [0.15, 0.2) is 0 Å². The molecule has 0 spiro atoms. The molecule has 0 aliphatic rings. The number of nitrogens with zero attached hydrogens (tertiary/aromatic N) is 4. The van der Waals surface area contributed by atoms with Crippen LogP contribution in [-0.2, 0) is 6.54 Å². The molecule has 4 nitrogen and oxygen atoms in total. The number of halogens is 1. The molecular formula is C5H5FN4. The van der Waals surface area contributed by atoms with Gasteiger partial charge in [-0.15, -0.1) is 5.10 Å². The molecule has 10 heavy (non-hydrogen) atoms. The zero-order valence-electron chi connectivity index (χ0n) is 5.37. The first-order chi connectivity index (χ1) is 4.79. The lowest BCUT2D eigenvalue weighted by Gasteiger charge is -1.89. The third kappa shape index (κ3) is 0.838. The number of nitriles is 1. The predicted octanol–water partition coefficient (Wildman–Crippen LogP) is 0.309. The van der Waals surface area contributed by atoms with Crippen LogP contribution in [0.2, 0.25) is 0 Å². The molecule has 0 bridgehead atoms. The Balaban J connectivity index is 3.12. The maximum Gasteiger partial charge on any atom is 0.250 e. The van der Waals surface area contributed by atoms with E-state index in [0.717, 1.165) is 4.68 Å². The van der Waals surface area contributed by atoms with Crippen LogP contribution < -0.4 is 0 Å². The highest BCUT2D eigenvalue weighted by Crippen LogP contribution is 1.99. The minimum atomic E-state index is -0.662. The summed E-state index contributed by atoms with van der Waals surface area (Å²) < 4.78 is 13.7. The number of rotatable bonds is 1. The van der Waals surface area contributed by atoms with E-state index in [4.69, 9.17) is 5.26 Å². The first-order valence-electron chi connectivity index (χ1n) is 2.78. The van der Waals surface area contributed by atoms with Gasteiger partial charge in [0.05, 0.1) is 0 Å². The first-order valence-corrected chi connectivity index (χ1v) is 2.78. The maximum atomic E-state index is 12.6. The van der Waals surface area contributed by atoms with Crippen molar-refractivity contribution >= 4 is 0 Å². The summed E-state index contributed by atoms with van der Waals surface area (Å²) in [7, 11) is 0. The van der Waals surface area contributed by atoms with Crippen LogP contribution in [0.3, 0.4) is 0 Å². The normalized spacial score (nSPS) is 9.30. The molecule has 1 aromatic heterocycles. The average molecular weight is 140 g/mol. The van der Waals surface area contributed by atoms with E-state index in [0.29, 0.717) is 6.54 Å². The summed E-state index contributed by atoms with van der Waals surface area (Å²) in [6.45, 7) is 2.11. The van der Waals surface area contributed by atoms with Crippen molar-refractivity contribution in [3.8, 4) is 6.07 Å². The summed E-state index contributed by atoms with van der Waals surface area (Å²) in [5, 5.41) is 14.9. The summed E-state index contributed by atoms with van der Waals surface area (Å²) in [5.74, 6) is -0.662. The SMILES string of the molecule is CCn1nnc(C#N)c1F. The molecule has 1 heterocycles. The summed E-state index contributed by atoms with van der Waals surface area (Å²) in [6, 6.07) is 1.58. The van der Waals surface area contributed by atoms with Crippen molar-refractivity contribution in [1.82, 2.24) is 15.0 Å². The fraction of sp³-hybridized carbons (Fsp3) is 0.400. The van der Waals surface area contributed by atoms with E-state index in [1.807, 2.05) is 0 Å². The first kappa shape index (κ1) is 6.68. The molecule has 0 radical (unpaired) electrons. The molecule has 0 aromatic carbocycles. The molecule has 1 rings (SSSR count). The Kier molecular flexibility index (Phi) is 1.63. The highest BCUT2D eigenvalue weighted by atomic mass is 19.1. The van der Waals surface area contributed by atoms with Gasteiger partial charge >= 0.3 is 0 Å². The van der Waals surface area contributed by atoms with Gasteiger partial charge in [0.15, 0.2) is 0 Å². The average Bonchev–Trinajstić information content (AvgIpc) is 2.30. The lowest BCUT2D eigenvalue weighted by molar-refractivity contribution is 0.465. The number of hydrogen-bond donors (Lipinski definition) is 0. The Hall–Kier alpha value is -1.44. The van der Waals surface area contributed by atoms with Crippen LogP contribution in [0.5, 0.6) is 0 Å². The van der Waals surface area contributed by atoms with Gasteiger partial charge in [0.2, 0.25) is 11.6 Å². The van der Waals surface area contributed by atoms with E-state index in [9.17, 15) is 4.39 Å². The fourth-order valence-electron chi connectivity index (χ4n) is 0.572. The number of hydrogen-bond acceptors (Lipinski definition) is 3. The molecular weight excluding hydrogens is 135 g/mol. The highest BCUT2D eigenvalue weighted by Gasteiger charge is 2.08. The Bertz CT molecular complexity index is 272. The molecule has 0 fully saturated rings. The molecule has 0 saturated heterocycles.